The van der Waals surface area contributed by atoms with Gasteiger partial charge in [0.05, 0.1) is 12.7 Å². The van der Waals surface area contributed by atoms with Crippen LogP contribution in [0.2, 0.25) is 0 Å². The summed E-state index contributed by atoms with van der Waals surface area (Å²) in [5.41, 5.74) is 2.65. The molecule has 5 heteroatoms. The highest BCUT2D eigenvalue weighted by molar-refractivity contribution is 5.73. The molecular weight excluding hydrogens is 437 g/mol. The second kappa shape index (κ2) is 10.9. The van der Waals surface area contributed by atoms with E-state index in [0.29, 0.717) is 23.5 Å². The van der Waals surface area contributed by atoms with Gasteiger partial charge in [-0.3, -0.25) is 0 Å². The molecule has 0 heterocycles. The first-order valence-corrected chi connectivity index (χ1v) is 11.7. The summed E-state index contributed by atoms with van der Waals surface area (Å²) < 4.78 is 54.7. The summed E-state index contributed by atoms with van der Waals surface area (Å²) >= 11 is 0. The molecule has 0 atom stereocenters. The Morgan fingerprint density at radius 2 is 1.59 bits per heavy atom. The molecule has 1 aliphatic carbocycles. The second-order valence-electron chi connectivity index (χ2n) is 8.61. The average Bonchev–Trinajstić information content (AvgIpc) is 2.86. The van der Waals surface area contributed by atoms with Crippen molar-refractivity contribution in [3.63, 3.8) is 0 Å². The first kappa shape index (κ1) is 24.1. The third-order valence-electron chi connectivity index (χ3n) is 6.52. The van der Waals surface area contributed by atoms with Crippen molar-refractivity contribution in [1.82, 2.24) is 0 Å². The molecule has 0 bridgehead atoms. The molecule has 1 aliphatic rings. The van der Waals surface area contributed by atoms with Crippen molar-refractivity contribution in [2.24, 2.45) is 0 Å². The third kappa shape index (κ3) is 5.36. The number of hydrogen-bond donors (Lipinski definition) is 0. The molecule has 1 fully saturated rings. The highest BCUT2D eigenvalue weighted by atomic mass is 19.2. The minimum Gasteiger partial charge on any atom is -0.494 e. The van der Waals surface area contributed by atoms with E-state index < -0.39 is 11.6 Å². The highest BCUT2D eigenvalue weighted by Crippen LogP contribution is 2.36. The van der Waals surface area contributed by atoms with Gasteiger partial charge in [0.1, 0.15) is 11.6 Å². The fraction of sp³-hybridized carbons (Fsp3) is 0.310. The summed E-state index contributed by atoms with van der Waals surface area (Å²) in [5.74, 6) is -1.43. The van der Waals surface area contributed by atoms with Gasteiger partial charge in [-0.25, -0.2) is 13.2 Å². The Morgan fingerprint density at radius 3 is 2.24 bits per heavy atom. The highest BCUT2D eigenvalue weighted by Gasteiger charge is 2.26. The summed E-state index contributed by atoms with van der Waals surface area (Å²) in [5, 5.41) is 0. The van der Waals surface area contributed by atoms with E-state index in [-0.39, 0.29) is 23.4 Å². The SMILES string of the molecule is CCOc1ccc(-c2ccc(/C=C/c3ccc(C4CCC(OC)CC4)c(F)c3F)cc2)c(F)c1. The van der Waals surface area contributed by atoms with Crippen molar-refractivity contribution < 1.29 is 22.6 Å². The van der Waals surface area contributed by atoms with Crippen molar-refractivity contribution in [3.8, 4) is 16.9 Å². The van der Waals surface area contributed by atoms with Crippen LogP contribution in [0.15, 0.2) is 54.6 Å². The Bertz CT molecular complexity index is 1150. The molecule has 0 unspecified atom stereocenters. The molecule has 1 saturated carbocycles. The molecule has 0 radical (unpaired) electrons. The maximum atomic E-state index is 14.8. The molecule has 0 aliphatic heterocycles. The monoisotopic (exact) mass is 466 g/mol. The van der Waals surface area contributed by atoms with Crippen molar-refractivity contribution in [2.75, 3.05) is 13.7 Å². The van der Waals surface area contributed by atoms with Gasteiger partial charge in [0.15, 0.2) is 11.6 Å². The maximum absolute atomic E-state index is 14.8. The molecule has 0 aromatic heterocycles. The molecule has 0 spiro atoms. The molecule has 3 aromatic carbocycles. The van der Waals surface area contributed by atoms with Crippen molar-refractivity contribution >= 4 is 12.2 Å². The topological polar surface area (TPSA) is 18.5 Å². The Hall–Kier alpha value is -3.05. The summed E-state index contributed by atoms with van der Waals surface area (Å²) in [7, 11) is 1.69. The average molecular weight is 467 g/mol. The maximum Gasteiger partial charge on any atom is 0.166 e. The lowest BCUT2D eigenvalue weighted by molar-refractivity contribution is 0.0655. The number of hydrogen-bond acceptors (Lipinski definition) is 2. The Kier molecular flexibility index (Phi) is 7.73. The van der Waals surface area contributed by atoms with Gasteiger partial charge in [-0.1, -0.05) is 48.6 Å². The van der Waals surface area contributed by atoms with Crippen LogP contribution in [0.4, 0.5) is 13.2 Å². The molecule has 0 N–H and O–H groups in total. The lowest BCUT2D eigenvalue weighted by atomic mass is 9.82. The number of halogens is 3. The summed E-state index contributed by atoms with van der Waals surface area (Å²) in [6.07, 6.45) is 6.82. The van der Waals surface area contributed by atoms with Crippen LogP contribution in [0.25, 0.3) is 23.3 Å². The second-order valence-corrected chi connectivity index (χ2v) is 8.61. The Morgan fingerprint density at radius 1 is 0.853 bits per heavy atom. The zero-order valence-corrected chi connectivity index (χ0v) is 19.5. The van der Waals surface area contributed by atoms with E-state index in [1.807, 2.05) is 19.1 Å². The third-order valence-corrected chi connectivity index (χ3v) is 6.52. The fourth-order valence-electron chi connectivity index (χ4n) is 4.58. The molecule has 3 aromatic rings. The zero-order valence-electron chi connectivity index (χ0n) is 19.5. The van der Waals surface area contributed by atoms with E-state index in [2.05, 4.69) is 0 Å². The van der Waals surface area contributed by atoms with Gasteiger partial charge in [-0.15, -0.1) is 0 Å². The normalized spacial score (nSPS) is 18.4. The van der Waals surface area contributed by atoms with Gasteiger partial charge in [0, 0.05) is 24.3 Å². The smallest absolute Gasteiger partial charge is 0.166 e. The van der Waals surface area contributed by atoms with E-state index in [0.717, 1.165) is 36.8 Å². The van der Waals surface area contributed by atoms with Gasteiger partial charge in [0.25, 0.3) is 0 Å². The quantitative estimate of drug-likeness (QED) is 0.328. The molecule has 4 rings (SSSR count). The number of methoxy groups -OCH3 is 1. The Labute approximate surface area is 199 Å². The molecule has 2 nitrogen and oxygen atoms in total. The lowest BCUT2D eigenvalue weighted by Gasteiger charge is -2.28. The minimum absolute atomic E-state index is 0.0227. The van der Waals surface area contributed by atoms with E-state index in [9.17, 15) is 13.2 Å². The van der Waals surface area contributed by atoms with Crippen molar-refractivity contribution in [3.05, 3.63) is 88.7 Å². The van der Waals surface area contributed by atoms with Gasteiger partial charge < -0.3 is 9.47 Å². The van der Waals surface area contributed by atoms with Crippen LogP contribution >= 0.6 is 0 Å². The van der Waals surface area contributed by atoms with E-state index >= 15 is 0 Å². The summed E-state index contributed by atoms with van der Waals surface area (Å²) in [4.78, 5) is 0. The van der Waals surface area contributed by atoms with Crippen LogP contribution in [-0.4, -0.2) is 19.8 Å². The Balaban J connectivity index is 1.47. The van der Waals surface area contributed by atoms with Gasteiger partial charge in [-0.05, 0) is 67.3 Å². The van der Waals surface area contributed by atoms with Gasteiger partial charge in [0.2, 0.25) is 0 Å². The molecule has 0 amide bonds. The van der Waals surface area contributed by atoms with Crippen LogP contribution in [0.1, 0.15) is 55.2 Å². The summed E-state index contributed by atoms with van der Waals surface area (Å²) in [6.45, 7) is 2.32. The predicted octanol–water partition coefficient (Wildman–Crippen LogP) is 8.01. The van der Waals surface area contributed by atoms with Crippen LogP contribution in [-0.2, 0) is 4.74 Å². The van der Waals surface area contributed by atoms with Crippen LogP contribution in [0, 0.1) is 17.5 Å². The van der Waals surface area contributed by atoms with Crippen LogP contribution < -0.4 is 4.74 Å². The van der Waals surface area contributed by atoms with E-state index in [1.165, 1.54) is 6.07 Å². The van der Waals surface area contributed by atoms with Crippen LogP contribution in [0.5, 0.6) is 5.75 Å². The van der Waals surface area contributed by atoms with Crippen molar-refractivity contribution in [2.45, 2.75) is 44.6 Å². The zero-order chi connectivity index (χ0) is 24.1. The standard InChI is InChI=1S/C29H29F3O2/c1-3-34-24-15-17-25(27(30)18-24)20-7-4-19(5-8-20)6-9-22-12-16-26(29(32)28(22)31)21-10-13-23(33-2)14-11-21/h4-9,12,15-18,21,23H,3,10-11,13-14H2,1-2H3/b9-6+. The number of rotatable bonds is 7. The largest absolute Gasteiger partial charge is 0.494 e. The first-order valence-electron chi connectivity index (χ1n) is 11.7. The van der Waals surface area contributed by atoms with Gasteiger partial charge in [-0.2, -0.15) is 0 Å². The van der Waals surface area contributed by atoms with Crippen LogP contribution in [0.3, 0.4) is 0 Å². The van der Waals surface area contributed by atoms with Crippen molar-refractivity contribution in [1.29, 1.82) is 0 Å². The molecule has 0 saturated heterocycles. The molecule has 34 heavy (non-hydrogen) atoms. The first-order chi connectivity index (χ1) is 16.5. The van der Waals surface area contributed by atoms with E-state index in [4.69, 9.17) is 9.47 Å². The van der Waals surface area contributed by atoms with Gasteiger partial charge >= 0.3 is 0 Å². The fourth-order valence-corrected chi connectivity index (χ4v) is 4.58. The molecule has 178 valence electrons. The minimum atomic E-state index is -0.823. The number of ether oxygens (including phenoxy) is 2. The predicted molar refractivity (Wildman–Crippen MR) is 130 cm³/mol. The number of benzene rings is 3. The van der Waals surface area contributed by atoms with E-state index in [1.54, 1.807) is 55.7 Å². The molecular formula is C29H29F3O2. The lowest BCUT2D eigenvalue weighted by Crippen LogP contribution is -2.20. The summed E-state index contributed by atoms with van der Waals surface area (Å²) in [6, 6.07) is 15.4.